The SMILES string of the molecule is CC1C=C(Cl)C=CC1[C@@]1(O)CCN(C(=O)[C@H]2COCC[C@H]2NC(=O)c2ccccc2)CC1(C)C. The minimum atomic E-state index is -0.961. The number of likely N-dealkylation sites (tertiary alicyclic amines) is 1. The zero-order valence-corrected chi connectivity index (χ0v) is 20.9. The van der Waals surface area contributed by atoms with E-state index in [-0.39, 0.29) is 36.3 Å². The summed E-state index contributed by atoms with van der Waals surface area (Å²) in [7, 11) is 0. The fourth-order valence-corrected chi connectivity index (χ4v) is 6.02. The summed E-state index contributed by atoms with van der Waals surface area (Å²) in [5.41, 5.74) is -0.911. The second-order valence-electron chi connectivity index (χ2n) is 10.5. The van der Waals surface area contributed by atoms with Crippen molar-refractivity contribution >= 4 is 23.4 Å². The molecule has 0 saturated carbocycles. The number of amides is 2. The largest absolute Gasteiger partial charge is 0.389 e. The molecule has 4 rings (SSSR count). The molecule has 2 N–H and O–H groups in total. The molecular formula is C27H35ClN2O4. The molecule has 2 saturated heterocycles. The van der Waals surface area contributed by atoms with Crippen molar-refractivity contribution < 1.29 is 19.4 Å². The first-order chi connectivity index (χ1) is 16.1. The van der Waals surface area contributed by atoms with Crippen LogP contribution in [0, 0.1) is 23.2 Å². The number of ether oxygens (including phenoxy) is 1. The maximum Gasteiger partial charge on any atom is 0.251 e. The summed E-state index contributed by atoms with van der Waals surface area (Å²) in [6, 6.07) is 8.76. The Morgan fingerprint density at radius 2 is 1.97 bits per heavy atom. The molecule has 5 atom stereocenters. The fourth-order valence-electron chi connectivity index (χ4n) is 5.75. The van der Waals surface area contributed by atoms with Gasteiger partial charge in [-0.25, -0.2) is 0 Å². The van der Waals surface area contributed by atoms with Crippen molar-refractivity contribution in [2.75, 3.05) is 26.3 Å². The van der Waals surface area contributed by atoms with Gasteiger partial charge in [0.05, 0.1) is 18.1 Å². The number of halogens is 1. The lowest BCUT2D eigenvalue weighted by atomic mass is 9.60. The summed E-state index contributed by atoms with van der Waals surface area (Å²) in [5.74, 6) is -0.614. The molecule has 0 aromatic heterocycles. The molecule has 1 aliphatic carbocycles. The highest BCUT2D eigenvalue weighted by molar-refractivity contribution is 6.31. The molecule has 184 valence electrons. The Bertz CT molecular complexity index is 976. The molecule has 2 aliphatic heterocycles. The highest BCUT2D eigenvalue weighted by Crippen LogP contribution is 2.48. The predicted octanol–water partition coefficient (Wildman–Crippen LogP) is 3.76. The second kappa shape index (κ2) is 9.84. The normalized spacial score (nSPS) is 33.2. The monoisotopic (exact) mass is 486 g/mol. The van der Waals surface area contributed by atoms with E-state index in [0.717, 1.165) is 0 Å². The number of aliphatic hydroxyl groups is 1. The van der Waals surface area contributed by atoms with Crippen molar-refractivity contribution in [1.82, 2.24) is 10.2 Å². The third kappa shape index (κ3) is 4.81. The number of hydrogen-bond donors (Lipinski definition) is 2. The predicted molar refractivity (Wildman–Crippen MR) is 132 cm³/mol. The number of allylic oxidation sites excluding steroid dienone is 3. The van der Waals surface area contributed by atoms with E-state index in [1.807, 2.05) is 55.2 Å². The van der Waals surface area contributed by atoms with Crippen molar-refractivity contribution in [3.05, 3.63) is 59.2 Å². The van der Waals surface area contributed by atoms with Crippen LogP contribution in [-0.4, -0.2) is 59.8 Å². The van der Waals surface area contributed by atoms with Gasteiger partial charge in [-0.2, -0.15) is 0 Å². The van der Waals surface area contributed by atoms with Gasteiger partial charge in [0, 0.05) is 47.7 Å². The lowest BCUT2D eigenvalue weighted by Gasteiger charge is -2.55. The van der Waals surface area contributed by atoms with E-state index in [1.54, 1.807) is 12.1 Å². The van der Waals surface area contributed by atoms with Crippen LogP contribution in [0.5, 0.6) is 0 Å². The zero-order valence-electron chi connectivity index (χ0n) is 20.2. The Morgan fingerprint density at radius 1 is 1.24 bits per heavy atom. The molecule has 2 unspecified atom stereocenters. The second-order valence-corrected chi connectivity index (χ2v) is 11.0. The molecule has 2 amide bonds. The van der Waals surface area contributed by atoms with Crippen LogP contribution >= 0.6 is 11.6 Å². The Morgan fingerprint density at radius 3 is 2.65 bits per heavy atom. The van der Waals surface area contributed by atoms with Crippen LogP contribution in [0.15, 0.2) is 53.6 Å². The summed E-state index contributed by atoms with van der Waals surface area (Å²) in [4.78, 5) is 28.2. The van der Waals surface area contributed by atoms with Gasteiger partial charge in [0.2, 0.25) is 5.91 Å². The number of rotatable bonds is 4. The van der Waals surface area contributed by atoms with Crippen LogP contribution in [0.4, 0.5) is 0 Å². The first-order valence-corrected chi connectivity index (χ1v) is 12.5. The highest BCUT2D eigenvalue weighted by atomic mass is 35.5. The fraction of sp³-hybridized carbons (Fsp3) is 0.556. The third-order valence-corrected chi connectivity index (χ3v) is 8.11. The Hall–Kier alpha value is -2.15. The molecule has 0 spiro atoms. The molecule has 7 heteroatoms. The number of nitrogens with zero attached hydrogens (tertiary/aromatic N) is 1. The topological polar surface area (TPSA) is 78.9 Å². The van der Waals surface area contributed by atoms with E-state index in [1.165, 1.54) is 0 Å². The summed E-state index contributed by atoms with van der Waals surface area (Å²) < 4.78 is 5.65. The van der Waals surface area contributed by atoms with Crippen molar-refractivity contribution in [3.8, 4) is 0 Å². The van der Waals surface area contributed by atoms with E-state index < -0.39 is 16.9 Å². The minimum absolute atomic E-state index is 0.0247. The van der Waals surface area contributed by atoms with Gasteiger partial charge < -0.3 is 20.1 Å². The van der Waals surface area contributed by atoms with E-state index in [2.05, 4.69) is 12.2 Å². The van der Waals surface area contributed by atoms with Crippen LogP contribution in [0.1, 0.15) is 44.0 Å². The van der Waals surface area contributed by atoms with Gasteiger partial charge in [-0.3, -0.25) is 9.59 Å². The van der Waals surface area contributed by atoms with Gasteiger partial charge in [0.15, 0.2) is 0 Å². The van der Waals surface area contributed by atoms with Gasteiger partial charge in [-0.05, 0) is 37.0 Å². The van der Waals surface area contributed by atoms with Crippen molar-refractivity contribution in [2.45, 2.75) is 45.3 Å². The number of carbonyl (C=O) groups excluding carboxylic acids is 2. The van der Waals surface area contributed by atoms with E-state index >= 15 is 0 Å². The molecule has 0 radical (unpaired) electrons. The van der Waals surface area contributed by atoms with Gasteiger partial charge >= 0.3 is 0 Å². The number of piperidine rings is 1. The Balaban J connectivity index is 1.46. The third-order valence-electron chi connectivity index (χ3n) is 7.86. The van der Waals surface area contributed by atoms with Crippen LogP contribution in [0.3, 0.4) is 0 Å². The van der Waals surface area contributed by atoms with E-state index in [0.29, 0.717) is 43.1 Å². The molecule has 0 bridgehead atoms. The van der Waals surface area contributed by atoms with Crippen molar-refractivity contribution in [1.29, 1.82) is 0 Å². The van der Waals surface area contributed by atoms with E-state index in [9.17, 15) is 14.7 Å². The number of benzene rings is 1. The summed E-state index contributed by atoms with van der Waals surface area (Å²) in [6.07, 6.45) is 6.92. The number of hydrogen-bond acceptors (Lipinski definition) is 4. The molecular weight excluding hydrogens is 452 g/mol. The molecule has 3 aliphatic rings. The van der Waals surface area contributed by atoms with Crippen LogP contribution < -0.4 is 5.32 Å². The summed E-state index contributed by atoms with van der Waals surface area (Å²) in [6.45, 7) is 7.82. The van der Waals surface area contributed by atoms with Gasteiger partial charge in [0.25, 0.3) is 5.91 Å². The first-order valence-electron chi connectivity index (χ1n) is 12.1. The zero-order chi connectivity index (χ0) is 24.5. The first kappa shape index (κ1) is 25.0. The molecule has 6 nitrogen and oxygen atoms in total. The van der Waals surface area contributed by atoms with Crippen molar-refractivity contribution in [3.63, 3.8) is 0 Å². The Labute approximate surface area is 207 Å². The van der Waals surface area contributed by atoms with Gasteiger partial charge in [-0.1, -0.05) is 62.7 Å². The van der Waals surface area contributed by atoms with Crippen LogP contribution in [-0.2, 0) is 9.53 Å². The number of nitrogens with one attached hydrogen (secondary N) is 1. The average Bonchev–Trinajstić information content (AvgIpc) is 2.81. The molecule has 1 aromatic carbocycles. The quantitative estimate of drug-likeness (QED) is 0.679. The lowest BCUT2D eigenvalue weighted by molar-refractivity contribution is -0.169. The highest BCUT2D eigenvalue weighted by Gasteiger charge is 2.54. The molecule has 1 aromatic rings. The maximum atomic E-state index is 13.6. The van der Waals surface area contributed by atoms with Crippen LogP contribution in [0.2, 0.25) is 0 Å². The molecule has 2 heterocycles. The standard InChI is InChI=1S/C27H35ClN2O4/c1-18-15-20(28)9-10-22(18)27(33)12-13-30(17-26(27,2)3)25(32)21-16-34-14-11-23(21)29-24(31)19-7-5-4-6-8-19/h4-10,15,18,21-23,33H,11-14,16-17H2,1-3H3,(H,29,31)/t18?,21-,22?,23+,27-/m0/s1. The van der Waals surface area contributed by atoms with Crippen LogP contribution in [0.25, 0.3) is 0 Å². The van der Waals surface area contributed by atoms with Crippen molar-refractivity contribution in [2.24, 2.45) is 23.2 Å². The molecule has 2 fully saturated rings. The average molecular weight is 487 g/mol. The maximum absolute atomic E-state index is 13.6. The van der Waals surface area contributed by atoms with Gasteiger partial charge in [-0.15, -0.1) is 0 Å². The minimum Gasteiger partial charge on any atom is -0.389 e. The smallest absolute Gasteiger partial charge is 0.251 e. The lowest BCUT2D eigenvalue weighted by Crippen LogP contribution is -2.64. The number of carbonyl (C=O) groups is 2. The van der Waals surface area contributed by atoms with E-state index in [4.69, 9.17) is 16.3 Å². The molecule has 34 heavy (non-hydrogen) atoms. The summed E-state index contributed by atoms with van der Waals surface area (Å²) >= 11 is 6.17. The van der Waals surface area contributed by atoms with Gasteiger partial charge in [0.1, 0.15) is 0 Å². The summed E-state index contributed by atoms with van der Waals surface area (Å²) in [5, 5.41) is 15.6. The Kier molecular flexibility index (Phi) is 7.22.